The van der Waals surface area contributed by atoms with Crippen LogP contribution in [-0.4, -0.2) is 52.7 Å². The van der Waals surface area contributed by atoms with Crippen molar-refractivity contribution in [2.75, 3.05) is 34.8 Å². The summed E-state index contributed by atoms with van der Waals surface area (Å²) in [4.78, 5) is 10.7. The number of rotatable bonds is 4. The highest BCUT2D eigenvalue weighted by Crippen LogP contribution is 2.35. The lowest BCUT2D eigenvalue weighted by molar-refractivity contribution is 0.0256. The van der Waals surface area contributed by atoms with Gasteiger partial charge in [-0.25, -0.2) is 18.7 Å². The van der Waals surface area contributed by atoms with Crippen LogP contribution >= 0.6 is 11.8 Å². The molecule has 0 bridgehead atoms. The van der Waals surface area contributed by atoms with Crippen LogP contribution in [0.1, 0.15) is 38.6 Å². The zero-order chi connectivity index (χ0) is 17.5. The van der Waals surface area contributed by atoms with Gasteiger partial charge in [-0.2, -0.15) is 11.8 Å². The molecule has 2 saturated heterocycles. The molecule has 0 aliphatic carbocycles. The van der Waals surface area contributed by atoms with Gasteiger partial charge >= 0.3 is 0 Å². The average Bonchev–Trinajstić information content (AvgIpc) is 2.81. The molecule has 2 N–H and O–H groups in total. The minimum atomic E-state index is -2.70. The molecule has 3 heterocycles. The molecule has 2 aliphatic heterocycles. The molecular weight excluding hydrogens is 332 g/mol. The zero-order valence-electron chi connectivity index (χ0n) is 14.2. The van der Waals surface area contributed by atoms with E-state index in [0.29, 0.717) is 29.1 Å². The second-order valence-corrected chi connectivity index (χ2v) is 8.51. The highest BCUT2D eigenvalue weighted by atomic mass is 32.2. The Hall–Kier alpha value is -1.44. The first-order chi connectivity index (χ1) is 11.2. The lowest BCUT2D eigenvalue weighted by Crippen LogP contribution is -2.35. The second kappa shape index (κ2) is 6.13. The number of nitrogens with zero attached hydrogens (tertiary/aromatic N) is 3. The Morgan fingerprint density at radius 3 is 2.50 bits per heavy atom. The quantitative estimate of drug-likeness (QED) is 0.813. The van der Waals surface area contributed by atoms with Gasteiger partial charge in [-0.05, 0) is 0 Å². The summed E-state index contributed by atoms with van der Waals surface area (Å²) < 4.78 is 27.3. The molecule has 3 rings (SSSR count). The van der Waals surface area contributed by atoms with Crippen molar-refractivity contribution in [2.24, 2.45) is 0 Å². The Morgan fingerprint density at radius 1 is 1.33 bits per heavy atom. The molecule has 5 nitrogen and oxygen atoms in total. The number of aromatic nitrogens is 2. The number of nitrogens with one attached hydrogen (secondary N) is 2. The van der Waals surface area contributed by atoms with E-state index in [-0.39, 0.29) is 24.9 Å². The standard InChI is InChI=1S/C16H23F2N5S/c1-15(2,3)14-21-12(20-10-7-24-8-10)11(6-19)13(22-14)23-5-4-16(17,18)9-23/h6,10,19H,4-5,7-9H2,1-3H3,(H,20,21,22). The molecule has 1 aromatic rings. The first-order valence-corrected chi connectivity index (χ1v) is 9.25. The van der Waals surface area contributed by atoms with Crippen molar-refractivity contribution >= 4 is 29.6 Å². The molecule has 0 amide bonds. The fraction of sp³-hybridized carbons (Fsp3) is 0.688. The van der Waals surface area contributed by atoms with Crippen molar-refractivity contribution in [3.63, 3.8) is 0 Å². The Labute approximate surface area is 145 Å². The molecule has 0 atom stereocenters. The summed E-state index contributed by atoms with van der Waals surface area (Å²) in [6.45, 7) is 5.88. The Bertz CT molecular complexity index is 640. The molecule has 0 aromatic carbocycles. The number of hydrogen-bond donors (Lipinski definition) is 2. The molecule has 2 fully saturated rings. The van der Waals surface area contributed by atoms with E-state index < -0.39 is 5.92 Å². The zero-order valence-corrected chi connectivity index (χ0v) is 15.0. The molecule has 1 aromatic heterocycles. The van der Waals surface area contributed by atoms with Gasteiger partial charge in [0.2, 0.25) is 0 Å². The fourth-order valence-corrected chi connectivity index (χ4v) is 3.34. The summed E-state index contributed by atoms with van der Waals surface area (Å²) in [5, 5.41) is 11.1. The van der Waals surface area contributed by atoms with E-state index in [4.69, 9.17) is 5.41 Å². The van der Waals surface area contributed by atoms with Crippen molar-refractivity contribution in [3.8, 4) is 0 Å². The monoisotopic (exact) mass is 355 g/mol. The van der Waals surface area contributed by atoms with Crippen LogP contribution in [-0.2, 0) is 5.41 Å². The second-order valence-electron chi connectivity index (χ2n) is 7.43. The minimum Gasteiger partial charge on any atom is -0.365 e. The van der Waals surface area contributed by atoms with Crippen LogP contribution in [0.25, 0.3) is 0 Å². The van der Waals surface area contributed by atoms with Gasteiger partial charge in [0, 0.05) is 42.1 Å². The van der Waals surface area contributed by atoms with Crippen LogP contribution in [0.5, 0.6) is 0 Å². The van der Waals surface area contributed by atoms with Crippen molar-refractivity contribution in [1.29, 1.82) is 5.41 Å². The fourth-order valence-electron chi connectivity index (χ4n) is 2.71. The van der Waals surface area contributed by atoms with Gasteiger partial charge in [0.25, 0.3) is 5.92 Å². The van der Waals surface area contributed by atoms with Crippen LogP contribution in [0, 0.1) is 5.41 Å². The van der Waals surface area contributed by atoms with Gasteiger partial charge in [0.1, 0.15) is 17.5 Å². The first kappa shape index (κ1) is 17.4. The SMILES string of the molecule is CC(C)(C)c1nc(NC2CSC2)c(C=N)c(N2CCC(F)(F)C2)n1. The summed E-state index contributed by atoms with van der Waals surface area (Å²) >= 11 is 1.84. The van der Waals surface area contributed by atoms with E-state index in [1.165, 1.54) is 6.21 Å². The Kier molecular flexibility index (Phi) is 4.44. The Morgan fingerprint density at radius 2 is 2.04 bits per heavy atom. The van der Waals surface area contributed by atoms with Crippen molar-refractivity contribution in [3.05, 3.63) is 11.4 Å². The topological polar surface area (TPSA) is 64.9 Å². The van der Waals surface area contributed by atoms with Gasteiger partial charge in [-0.15, -0.1) is 0 Å². The van der Waals surface area contributed by atoms with E-state index in [9.17, 15) is 8.78 Å². The maximum Gasteiger partial charge on any atom is 0.266 e. The summed E-state index contributed by atoms with van der Waals surface area (Å²) in [5.74, 6) is 0.904. The van der Waals surface area contributed by atoms with Crippen LogP contribution in [0.3, 0.4) is 0 Å². The van der Waals surface area contributed by atoms with Gasteiger partial charge in [0.05, 0.1) is 12.1 Å². The van der Waals surface area contributed by atoms with Crippen molar-refractivity contribution < 1.29 is 8.78 Å². The number of alkyl halides is 2. The third-order valence-electron chi connectivity index (χ3n) is 4.19. The molecule has 132 valence electrons. The van der Waals surface area contributed by atoms with E-state index in [0.717, 1.165) is 11.5 Å². The molecule has 0 spiro atoms. The van der Waals surface area contributed by atoms with Gasteiger partial charge < -0.3 is 15.6 Å². The van der Waals surface area contributed by atoms with E-state index >= 15 is 0 Å². The highest BCUT2D eigenvalue weighted by molar-refractivity contribution is 8.00. The van der Waals surface area contributed by atoms with E-state index in [1.54, 1.807) is 4.90 Å². The smallest absolute Gasteiger partial charge is 0.266 e. The predicted octanol–water partition coefficient (Wildman–Crippen LogP) is 3.14. The summed E-state index contributed by atoms with van der Waals surface area (Å²) in [7, 11) is 0. The molecule has 24 heavy (non-hydrogen) atoms. The van der Waals surface area contributed by atoms with E-state index in [2.05, 4.69) is 15.3 Å². The summed E-state index contributed by atoms with van der Waals surface area (Å²) in [6.07, 6.45) is 0.994. The normalized spacial score (nSPS) is 20.8. The number of thioether (sulfide) groups is 1. The maximum absolute atomic E-state index is 13.7. The molecule has 2 aliphatic rings. The molecule has 0 unspecified atom stereocenters. The predicted molar refractivity (Wildman–Crippen MR) is 95.1 cm³/mol. The maximum atomic E-state index is 13.7. The number of anilines is 2. The van der Waals surface area contributed by atoms with Crippen LogP contribution in [0.4, 0.5) is 20.4 Å². The first-order valence-electron chi connectivity index (χ1n) is 8.10. The Balaban J connectivity index is 2.04. The molecular formula is C16H23F2N5S. The number of hydrogen-bond acceptors (Lipinski definition) is 6. The van der Waals surface area contributed by atoms with E-state index in [1.807, 2.05) is 32.5 Å². The number of halogens is 2. The van der Waals surface area contributed by atoms with Crippen molar-refractivity contribution in [1.82, 2.24) is 9.97 Å². The third kappa shape index (κ3) is 3.48. The third-order valence-corrected chi connectivity index (χ3v) is 5.46. The lowest BCUT2D eigenvalue weighted by atomic mass is 9.95. The lowest BCUT2D eigenvalue weighted by Gasteiger charge is -2.30. The summed E-state index contributed by atoms with van der Waals surface area (Å²) in [6, 6.07) is 0.310. The van der Waals surface area contributed by atoms with Crippen LogP contribution in [0.2, 0.25) is 0 Å². The summed E-state index contributed by atoms with van der Waals surface area (Å²) in [5.41, 5.74) is 0.195. The van der Waals surface area contributed by atoms with Crippen LogP contribution in [0.15, 0.2) is 0 Å². The van der Waals surface area contributed by atoms with Crippen LogP contribution < -0.4 is 10.2 Å². The molecule has 0 radical (unpaired) electrons. The largest absolute Gasteiger partial charge is 0.365 e. The van der Waals surface area contributed by atoms with Crippen molar-refractivity contribution in [2.45, 2.75) is 44.6 Å². The molecule has 0 saturated carbocycles. The highest BCUT2D eigenvalue weighted by Gasteiger charge is 2.40. The average molecular weight is 355 g/mol. The molecule has 8 heteroatoms. The van der Waals surface area contributed by atoms with Gasteiger partial charge in [0.15, 0.2) is 0 Å². The minimum absolute atomic E-state index is 0.179. The van der Waals surface area contributed by atoms with Gasteiger partial charge in [-0.1, -0.05) is 20.8 Å². The van der Waals surface area contributed by atoms with Gasteiger partial charge in [-0.3, -0.25) is 0 Å².